The van der Waals surface area contributed by atoms with Crippen molar-refractivity contribution in [3.8, 4) is 0 Å². The van der Waals surface area contributed by atoms with Crippen LogP contribution in [-0.4, -0.2) is 19.6 Å². The summed E-state index contributed by atoms with van der Waals surface area (Å²) in [5, 5.41) is 2.12. The lowest BCUT2D eigenvalue weighted by molar-refractivity contribution is -0.116. The van der Waals surface area contributed by atoms with Crippen molar-refractivity contribution in [2.45, 2.75) is 23.0 Å². The lowest BCUT2D eigenvalue weighted by atomic mass is 10.1. The van der Waals surface area contributed by atoms with E-state index in [1.54, 1.807) is 24.3 Å². The zero-order valence-electron chi connectivity index (χ0n) is 11.9. The summed E-state index contributed by atoms with van der Waals surface area (Å²) < 4.78 is 39.1. The molecule has 23 heavy (non-hydrogen) atoms. The molecule has 1 atom stereocenters. The Morgan fingerprint density at radius 2 is 1.87 bits per heavy atom. The van der Waals surface area contributed by atoms with E-state index in [1.165, 1.54) is 6.07 Å². The molecule has 1 N–H and O–H groups in total. The van der Waals surface area contributed by atoms with E-state index in [1.807, 2.05) is 0 Å². The van der Waals surface area contributed by atoms with Crippen molar-refractivity contribution in [3.63, 3.8) is 0 Å². The summed E-state index contributed by atoms with van der Waals surface area (Å²) in [5.74, 6) is -1.06. The highest BCUT2D eigenvalue weighted by Crippen LogP contribution is 2.32. The molecule has 7 heteroatoms. The Bertz CT molecular complexity index is 865. The van der Waals surface area contributed by atoms with Gasteiger partial charge in [0.2, 0.25) is 5.91 Å². The molecule has 3 rings (SSSR count). The number of fused-ring (bicyclic) bond motifs is 1. The van der Waals surface area contributed by atoms with Crippen LogP contribution >= 0.6 is 11.6 Å². The van der Waals surface area contributed by atoms with Crippen molar-refractivity contribution in [3.05, 3.63) is 58.9 Å². The monoisotopic (exact) mass is 353 g/mol. The maximum atomic E-state index is 13.5. The second kappa shape index (κ2) is 5.94. The first-order valence-corrected chi connectivity index (χ1v) is 8.86. The first-order chi connectivity index (χ1) is 10.9. The van der Waals surface area contributed by atoms with Crippen molar-refractivity contribution < 1.29 is 17.6 Å². The standard InChI is InChI=1S/C16H13ClFNO3S/c17-11-3-1-10(2-4-11)7-13-9-16(20)19-14-6-5-12(18)8-15(14)23(13,21)22/h1-6,8,13H,7,9H2,(H,19,20). The second-order valence-electron chi connectivity index (χ2n) is 5.39. The largest absolute Gasteiger partial charge is 0.325 e. The number of nitrogens with one attached hydrogen (secondary N) is 1. The number of carbonyl (C=O) groups is 1. The molecule has 0 fully saturated rings. The molecule has 2 aromatic carbocycles. The van der Waals surface area contributed by atoms with Gasteiger partial charge in [-0.3, -0.25) is 4.79 Å². The van der Waals surface area contributed by atoms with Crippen molar-refractivity contribution >= 4 is 33.0 Å². The molecular weight excluding hydrogens is 341 g/mol. The predicted molar refractivity (Wildman–Crippen MR) is 85.8 cm³/mol. The van der Waals surface area contributed by atoms with Crippen molar-refractivity contribution in [2.75, 3.05) is 5.32 Å². The third kappa shape index (κ3) is 3.23. The number of sulfone groups is 1. The Kier molecular flexibility index (Phi) is 4.12. The van der Waals surface area contributed by atoms with Gasteiger partial charge in [0, 0.05) is 11.4 Å². The molecule has 0 bridgehead atoms. The van der Waals surface area contributed by atoms with Crippen LogP contribution in [0, 0.1) is 5.82 Å². The summed E-state index contributed by atoms with van der Waals surface area (Å²) in [5.41, 5.74) is 0.866. The molecule has 1 aliphatic heterocycles. The summed E-state index contributed by atoms with van der Waals surface area (Å²) in [6.07, 6.45) is -0.0237. The lowest BCUT2D eigenvalue weighted by Crippen LogP contribution is -2.26. The quantitative estimate of drug-likeness (QED) is 0.901. The van der Waals surface area contributed by atoms with Crippen molar-refractivity contribution in [1.82, 2.24) is 0 Å². The van der Waals surface area contributed by atoms with Crippen LogP contribution in [0.1, 0.15) is 12.0 Å². The molecule has 4 nitrogen and oxygen atoms in total. The van der Waals surface area contributed by atoms with Gasteiger partial charge in [-0.25, -0.2) is 12.8 Å². The molecule has 0 aliphatic carbocycles. The number of carbonyl (C=O) groups excluding carboxylic acids is 1. The number of amides is 1. The maximum Gasteiger partial charge on any atom is 0.225 e. The molecule has 0 radical (unpaired) electrons. The molecule has 2 aromatic rings. The average Bonchev–Trinajstić information content (AvgIpc) is 2.58. The molecule has 0 aromatic heterocycles. The van der Waals surface area contributed by atoms with Gasteiger partial charge in [0.25, 0.3) is 0 Å². The first kappa shape index (κ1) is 16.0. The highest BCUT2D eigenvalue weighted by Gasteiger charge is 2.35. The van der Waals surface area contributed by atoms with Crippen LogP contribution < -0.4 is 5.32 Å². The maximum absolute atomic E-state index is 13.5. The summed E-state index contributed by atoms with van der Waals surface area (Å²) >= 11 is 5.82. The Hall–Kier alpha value is -1.92. The van der Waals surface area contributed by atoms with E-state index >= 15 is 0 Å². The minimum absolute atomic E-state index is 0.120. The summed E-state index contributed by atoms with van der Waals surface area (Å²) in [6.45, 7) is 0. The van der Waals surface area contributed by atoms with Crippen LogP contribution in [0.4, 0.5) is 10.1 Å². The number of hydrogen-bond donors (Lipinski definition) is 1. The second-order valence-corrected chi connectivity index (χ2v) is 8.02. The lowest BCUT2D eigenvalue weighted by Gasteiger charge is -2.15. The van der Waals surface area contributed by atoms with Gasteiger partial charge in [0.1, 0.15) is 5.82 Å². The number of hydrogen-bond acceptors (Lipinski definition) is 3. The van der Waals surface area contributed by atoms with Gasteiger partial charge >= 0.3 is 0 Å². The molecular formula is C16H13ClFNO3S. The Morgan fingerprint density at radius 3 is 2.57 bits per heavy atom. The molecule has 1 heterocycles. The van der Waals surface area contributed by atoms with E-state index in [2.05, 4.69) is 5.32 Å². The number of anilines is 1. The predicted octanol–water partition coefficient (Wildman–Crippen LogP) is 3.21. The minimum atomic E-state index is -3.84. The van der Waals surface area contributed by atoms with E-state index in [0.717, 1.165) is 17.7 Å². The zero-order chi connectivity index (χ0) is 16.6. The van der Waals surface area contributed by atoms with E-state index in [-0.39, 0.29) is 23.4 Å². The summed E-state index contributed by atoms with van der Waals surface area (Å²) in [4.78, 5) is 11.8. The number of halogens is 2. The molecule has 0 saturated heterocycles. The van der Waals surface area contributed by atoms with E-state index in [0.29, 0.717) is 5.02 Å². The molecule has 1 aliphatic rings. The van der Waals surface area contributed by atoms with E-state index in [9.17, 15) is 17.6 Å². The Morgan fingerprint density at radius 1 is 1.17 bits per heavy atom. The summed E-state index contributed by atoms with van der Waals surface area (Å²) in [7, 11) is -3.84. The van der Waals surface area contributed by atoms with Crippen molar-refractivity contribution in [1.29, 1.82) is 0 Å². The van der Waals surface area contributed by atoms with Crippen LogP contribution in [0.25, 0.3) is 0 Å². The Balaban J connectivity index is 2.03. The topological polar surface area (TPSA) is 63.2 Å². The SMILES string of the molecule is O=C1CC(Cc2ccc(Cl)cc2)S(=O)(=O)c2cc(F)ccc2N1. The normalized spacial score (nSPS) is 19.6. The fourth-order valence-corrected chi connectivity index (χ4v) is 4.57. The zero-order valence-corrected chi connectivity index (χ0v) is 13.5. The third-order valence-electron chi connectivity index (χ3n) is 3.75. The first-order valence-electron chi connectivity index (χ1n) is 6.94. The fraction of sp³-hybridized carbons (Fsp3) is 0.188. The van der Waals surface area contributed by atoms with Gasteiger partial charge < -0.3 is 5.32 Å². The van der Waals surface area contributed by atoms with Crippen LogP contribution in [0.5, 0.6) is 0 Å². The third-order valence-corrected chi connectivity index (χ3v) is 6.17. The molecule has 120 valence electrons. The van der Waals surface area contributed by atoms with Crippen molar-refractivity contribution in [2.24, 2.45) is 0 Å². The molecule has 1 unspecified atom stereocenters. The highest BCUT2D eigenvalue weighted by atomic mass is 35.5. The van der Waals surface area contributed by atoms with Gasteiger partial charge in [0.05, 0.1) is 15.8 Å². The molecule has 0 spiro atoms. The van der Waals surface area contributed by atoms with Crippen LogP contribution in [-0.2, 0) is 21.1 Å². The van der Waals surface area contributed by atoms with Crippen LogP contribution in [0.15, 0.2) is 47.4 Å². The van der Waals surface area contributed by atoms with Gasteiger partial charge in [-0.15, -0.1) is 0 Å². The highest BCUT2D eigenvalue weighted by molar-refractivity contribution is 7.92. The number of benzene rings is 2. The van der Waals surface area contributed by atoms with E-state index in [4.69, 9.17) is 11.6 Å². The van der Waals surface area contributed by atoms with Gasteiger partial charge in [-0.1, -0.05) is 23.7 Å². The van der Waals surface area contributed by atoms with Gasteiger partial charge in [-0.05, 0) is 42.3 Å². The van der Waals surface area contributed by atoms with E-state index < -0.39 is 26.8 Å². The van der Waals surface area contributed by atoms with Gasteiger partial charge in [-0.2, -0.15) is 0 Å². The average molecular weight is 354 g/mol. The molecule has 1 amide bonds. The minimum Gasteiger partial charge on any atom is -0.325 e. The fourth-order valence-electron chi connectivity index (χ4n) is 2.60. The Labute approximate surface area is 138 Å². The van der Waals surface area contributed by atoms with Crippen LogP contribution in [0.3, 0.4) is 0 Å². The van der Waals surface area contributed by atoms with Crippen LogP contribution in [0.2, 0.25) is 5.02 Å². The smallest absolute Gasteiger partial charge is 0.225 e. The molecule has 0 saturated carbocycles. The number of rotatable bonds is 2. The summed E-state index contributed by atoms with van der Waals surface area (Å²) in [6, 6.07) is 10.1. The van der Waals surface area contributed by atoms with Gasteiger partial charge in [0.15, 0.2) is 9.84 Å².